The van der Waals surface area contributed by atoms with Crippen LogP contribution in [0.15, 0.2) is 60.1 Å². The van der Waals surface area contributed by atoms with Gasteiger partial charge in [-0.25, -0.2) is 15.0 Å². The summed E-state index contributed by atoms with van der Waals surface area (Å²) < 4.78 is 2.00. The molecule has 4 heterocycles. The Morgan fingerprint density at radius 3 is 2.73 bits per heavy atom. The SMILES string of the molecule is CSc1nccn1-c1cccc(C(=O)N2CCN(c3nc4cccnc4s3)CC2)c1. The van der Waals surface area contributed by atoms with Gasteiger partial charge in [0, 0.05) is 56.0 Å². The Labute approximate surface area is 182 Å². The third-order valence-electron chi connectivity index (χ3n) is 5.15. The zero-order valence-corrected chi connectivity index (χ0v) is 18.1. The summed E-state index contributed by atoms with van der Waals surface area (Å²) in [6, 6.07) is 11.6. The molecule has 152 valence electrons. The quantitative estimate of drug-likeness (QED) is 0.456. The van der Waals surface area contributed by atoms with E-state index in [1.54, 1.807) is 35.5 Å². The normalized spacial score (nSPS) is 14.4. The van der Waals surface area contributed by atoms with Crippen molar-refractivity contribution in [3.05, 3.63) is 60.6 Å². The van der Waals surface area contributed by atoms with E-state index < -0.39 is 0 Å². The minimum atomic E-state index is 0.0632. The van der Waals surface area contributed by atoms with E-state index in [2.05, 4.69) is 19.9 Å². The van der Waals surface area contributed by atoms with Crippen LogP contribution >= 0.6 is 23.1 Å². The van der Waals surface area contributed by atoms with Crippen LogP contribution in [-0.2, 0) is 0 Å². The van der Waals surface area contributed by atoms with Crippen LogP contribution < -0.4 is 4.90 Å². The van der Waals surface area contributed by atoms with Gasteiger partial charge >= 0.3 is 0 Å². The largest absolute Gasteiger partial charge is 0.344 e. The number of thiazole rings is 1. The van der Waals surface area contributed by atoms with Crippen LogP contribution in [0.3, 0.4) is 0 Å². The molecule has 0 N–H and O–H groups in total. The first-order valence-corrected chi connectivity index (χ1v) is 11.7. The van der Waals surface area contributed by atoms with Gasteiger partial charge < -0.3 is 9.80 Å². The highest BCUT2D eigenvalue weighted by atomic mass is 32.2. The van der Waals surface area contributed by atoms with Crippen LogP contribution in [0.1, 0.15) is 10.4 Å². The molecule has 1 aliphatic rings. The molecule has 9 heteroatoms. The Bertz CT molecular complexity index is 1160. The number of nitrogens with zero attached hydrogens (tertiary/aromatic N) is 6. The Balaban J connectivity index is 1.29. The molecule has 0 aliphatic carbocycles. The Hall–Kier alpha value is -2.91. The number of hydrogen-bond donors (Lipinski definition) is 0. The van der Waals surface area contributed by atoms with Gasteiger partial charge in [-0.05, 0) is 36.6 Å². The van der Waals surface area contributed by atoms with E-state index in [0.29, 0.717) is 18.7 Å². The monoisotopic (exact) mass is 436 g/mol. The fourth-order valence-electron chi connectivity index (χ4n) is 3.60. The number of pyridine rings is 1. The van der Waals surface area contributed by atoms with E-state index in [1.807, 2.05) is 58.3 Å². The maximum atomic E-state index is 13.1. The van der Waals surface area contributed by atoms with Gasteiger partial charge in [0.15, 0.2) is 10.3 Å². The number of carbonyl (C=O) groups is 1. The van der Waals surface area contributed by atoms with Gasteiger partial charge in [0.2, 0.25) is 0 Å². The van der Waals surface area contributed by atoms with Gasteiger partial charge in [-0.15, -0.1) is 0 Å². The third kappa shape index (κ3) is 3.54. The van der Waals surface area contributed by atoms with Gasteiger partial charge in [0.05, 0.1) is 0 Å². The van der Waals surface area contributed by atoms with Crippen LogP contribution in [0.5, 0.6) is 0 Å². The molecule has 0 atom stereocenters. The van der Waals surface area contributed by atoms with E-state index in [4.69, 9.17) is 0 Å². The van der Waals surface area contributed by atoms with E-state index in [-0.39, 0.29) is 5.91 Å². The van der Waals surface area contributed by atoms with Crippen molar-refractivity contribution in [2.45, 2.75) is 5.16 Å². The van der Waals surface area contributed by atoms with Crippen molar-refractivity contribution in [1.82, 2.24) is 24.4 Å². The predicted molar refractivity (Wildman–Crippen MR) is 121 cm³/mol. The van der Waals surface area contributed by atoms with Crippen molar-refractivity contribution in [3.63, 3.8) is 0 Å². The molecule has 0 bridgehead atoms. The fraction of sp³-hybridized carbons (Fsp3) is 0.238. The van der Waals surface area contributed by atoms with Gasteiger partial charge in [-0.3, -0.25) is 9.36 Å². The second kappa shape index (κ2) is 8.08. The van der Waals surface area contributed by atoms with Crippen molar-refractivity contribution in [2.24, 2.45) is 0 Å². The average molecular weight is 437 g/mol. The molecule has 0 radical (unpaired) electrons. The summed E-state index contributed by atoms with van der Waals surface area (Å²) >= 11 is 3.18. The van der Waals surface area contributed by atoms with Crippen molar-refractivity contribution < 1.29 is 4.79 Å². The zero-order valence-electron chi connectivity index (χ0n) is 16.4. The highest BCUT2D eigenvalue weighted by molar-refractivity contribution is 7.98. The average Bonchev–Trinajstić information content (AvgIpc) is 3.45. The van der Waals surface area contributed by atoms with Crippen molar-refractivity contribution in [3.8, 4) is 5.69 Å². The summed E-state index contributed by atoms with van der Waals surface area (Å²) in [7, 11) is 0. The van der Waals surface area contributed by atoms with Gasteiger partial charge in [-0.2, -0.15) is 0 Å². The first kappa shape index (κ1) is 19.1. The summed E-state index contributed by atoms with van der Waals surface area (Å²) in [6.45, 7) is 2.88. The second-order valence-corrected chi connectivity index (χ2v) is 8.67. The van der Waals surface area contributed by atoms with E-state index in [1.165, 1.54) is 0 Å². The lowest BCUT2D eigenvalue weighted by Gasteiger charge is -2.34. The molecule has 1 saturated heterocycles. The molecule has 5 rings (SSSR count). The molecule has 1 aliphatic heterocycles. The molecule has 7 nitrogen and oxygen atoms in total. The van der Waals surface area contributed by atoms with Gasteiger partial charge in [-0.1, -0.05) is 29.2 Å². The van der Waals surface area contributed by atoms with E-state index >= 15 is 0 Å². The Kier molecular flexibility index (Phi) is 5.14. The lowest BCUT2D eigenvalue weighted by Crippen LogP contribution is -2.48. The number of piperazine rings is 1. The number of imidazole rings is 1. The molecule has 1 fully saturated rings. The highest BCUT2D eigenvalue weighted by Gasteiger charge is 2.24. The number of carbonyl (C=O) groups excluding carboxylic acids is 1. The van der Waals surface area contributed by atoms with Crippen LogP contribution in [-0.4, -0.2) is 62.8 Å². The topological polar surface area (TPSA) is 67.2 Å². The highest BCUT2D eigenvalue weighted by Crippen LogP contribution is 2.28. The molecule has 1 amide bonds. The molecule has 30 heavy (non-hydrogen) atoms. The molecule has 0 unspecified atom stereocenters. The van der Waals surface area contributed by atoms with Crippen molar-refractivity contribution in [2.75, 3.05) is 37.3 Å². The van der Waals surface area contributed by atoms with Crippen LogP contribution in [0.25, 0.3) is 16.0 Å². The lowest BCUT2D eigenvalue weighted by molar-refractivity contribution is 0.0746. The summed E-state index contributed by atoms with van der Waals surface area (Å²) in [5, 5.41) is 1.88. The number of amides is 1. The number of hydrogen-bond acceptors (Lipinski definition) is 7. The molecule has 3 aromatic heterocycles. The fourth-order valence-corrected chi connectivity index (χ4v) is 5.09. The molecule has 0 spiro atoms. The maximum Gasteiger partial charge on any atom is 0.254 e. The number of benzene rings is 1. The standard InChI is InChI=1S/C21H20N6OS2/c1-29-20-23-8-9-27(20)16-5-2-4-15(14-16)19(28)25-10-12-26(13-11-25)21-24-17-6-3-7-22-18(17)30-21/h2-9,14H,10-13H2,1H3. The summed E-state index contributed by atoms with van der Waals surface area (Å²) in [5.41, 5.74) is 2.58. The zero-order chi connectivity index (χ0) is 20.5. The first-order valence-electron chi connectivity index (χ1n) is 9.66. The van der Waals surface area contributed by atoms with Gasteiger partial charge in [0.25, 0.3) is 5.91 Å². The lowest BCUT2D eigenvalue weighted by atomic mass is 10.1. The minimum absolute atomic E-state index is 0.0632. The van der Waals surface area contributed by atoms with Crippen LogP contribution in [0.4, 0.5) is 5.13 Å². The Morgan fingerprint density at radius 1 is 1.07 bits per heavy atom. The van der Waals surface area contributed by atoms with Crippen molar-refractivity contribution in [1.29, 1.82) is 0 Å². The number of fused-ring (bicyclic) bond motifs is 1. The number of anilines is 1. The molecule has 0 saturated carbocycles. The van der Waals surface area contributed by atoms with Gasteiger partial charge in [0.1, 0.15) is 10.3 Å². The molecule has 1 aromatic carbocycles. The van der Waals surface area contributed by atoms with E-state index in [9.17, 15) is 4.79 Å². The predicted octanol–water partition coefficient (Wildman–Crippen LogP) is 3.56. The second-order valence-electron chi connectivity index (χ2n) is 6.94. The first-order chi connectivity index (χ1) is 14.7. The summed E-state index contributed by atoms with van der Waals surface area (Å²) in [4.78, 5) is 31.6. The number of thioether (sulfide) groups is 1. The number of rotatable bonds is 4. The smallest absolute Gasteiger partial charge is 0.254 e. The molecular formula is C21H20N6OS2. The van der Waals surface area contributed by atoms with E-state index in [0.717, 1.165) is 39.4 Å². The summed E-state index contributed by atoms with van der Waals surface area (Å²) in [6.07, 6.45) is 7.48. The molecular weight excluding hydrogens is 416 g/mol. The van der Waals surface area contributed by atoms with Crippen molar-refractivity contribution >= 4 is 44.5 Å². The third-order valence-corrected chi connectivity index (χ3v) is 6.86. The number of aromatic nitrogens is 4. The minimum Gasteiger partial charge on any atom is -0.344 e. The maximum absolute atomic E-state index is 13.1. The van der Waals surface area contributed by atoms with Crippen LogP contribution in [0.2, 0.25) is 0 Å². The van der Waals surface area contributed by atoms with Crippen LogP contribution in [0, 0.1) is 0 Å². The summed E-state index contributed by atoms with van der Waals surface area (Å²) in [5.74, 6) is 0.0632. The Morgan fingerprint density at radius 2 is 1.93 bits per heavy atom. The molecule has 4 aromatic rings.